The highest BCUT2D eigenvalue weighted by Crippen LogP contribution is 2.28. The third-order valence-electron chi connectivity index (χ3n) is 5.86. The van der Waals surface area contributed by atoms with Gasteiger partial charge in [0.2, 0.25) is 0 Å². The molecule has 0 aliphatic carbocycles. The summed E-state index contributed by atoms with van der Waals surface area (Å²) in [7, 11) is 1.69. The molecular formula is C24H30N4O4. The van der Waals surface area contributed by atoms with E-state index in [1.54, 1.807) is 25.3 Å². The lowest BCUT2D eigenvalue weighted by Crippen LogP contribution is -2.48. The zero-order valence-corrected chi connectivity index (χ0v) is 18.7. The maximum absolute atomic E-state index is 13.0. The molecule has 0 unspecified atom stereocenters. The first-order valence-corrected chi connectivity index (χ1v) is 11.1. The fraction of sp³-hybridized carbons (Fsp3) is 0.417. The van der Waals surface area contributed by atoms with E-state index < -0.39 is 0 Å². The summed E-state index contributed by atoms with van der Waals surface area (Å²) in [5, 5.41) is 0.471. The third kappa shape index (κ3) is 4.65. The first kappa shape index (κ1) is 22.0. The zero-order chi connectivity index (χ0) is 22.5. The van der Waals surface area contributed by atoms with E-state index in [1.807, 2.05) is 25.1 Å². The molecule has 1 aromatic heterocycles. The number of nitrogens with zero attached hydrogens (tertiary/aromatic N) is 3. The molecule has 1 aliphatic heterocycles. The molecule has 8 heteroatoms. The van der Waals surface area contributed by atoms with Crippen LogP contribution in [0.2, 0.25) is 0 Å². The van der Waals surface area contributed by atoms with Crippen LogP contribution in [0.15, 0.2) is 52.1 Å². The fourth-order valence-corrected chi connectivity index (χ4v) is 4.09. The average molecular weight is 439 g/mol. The lowest BCUT2D eigenvalue weighted by atomic mass is 10.2. The van der Waals surface area contributed by atoms with Gasteiger partial charge in [-0.05, 0) is 36.8 Å². The fourth-order valence-electron chi connectivity index (χ4n) is 4.09. The molecule has 1 fully saturated rings. The number of benzene rings is 2. The molecule has 3 aromatic rings. The van der Waals surface area contributed by atoms with Crippen molar-refractivity contribution in [1.82, 2.24) is 14.5 Å². The lowest BCUT2D eigenvalue weighted by Gasteiger charge is -2.36. The molecule has 32 heavy (non-hydrogen) atoms. The summed E-state index contributed by atoms with van der Waals surface area (Å²) in [5.41, 5.74) is 0.971. The Balaban J connectivity index is 1.43. The SMILES string of the molecule is CCCOc1ccc2[nH]c(=O)n(CCN3CCN(c4ccccc4OC)CC3)c(=O)c2c1. The molecule has 8 nitrogen and oxygen atoms in total. The number of anilines is 1. The largest absolute Gasteiger partial charge is 0.495 e. The van der Waals surface area contributed by atoms with Gasteiger partial charge in [-0.2, -0.15) is 0 Å². The lowest BCUT2D eigenvalue weighted by molar-refractivity contribution is 0.245. The van der Waals surface area contributed by atoms with Crippen molar-refractivity contribution < 1.29 is 9.47 Å². The minimum absolute atomic E-state index is 0.279. The molecule has 0 amide bonds. The summed E-state index contributed by atoms with van der Waals surface area (Å²) < 4.78 is 12.4. The number of hydrogen-bond acceptors (Lipinski definition) is 6. The number of fused-ring (bicyclic) bond motifs is 1. The van der Waals surface area contributed by atoms with E-state index in [0.717, 1.165) is 44.0 Å². The normalized spacial score (nSPS) is 14.6. The first-order valence-electron chi connectivity index (χ1n) is 11.1. The smallest absolute Gasteiger partial charge is 0.328 e. The quantitative estimate of drug-likeness (QED) is 0.582. The molecule has 0 atom stereocenters. The van der Waals surface area contributed by atoms with Crippen molar-refractivity contribution in [2.75, 3.05) is 51.3 Å². The van der Waals surface area contributed by atoms with Crippen LogP contribution in [0.5, 0.6) is 11.5 Å². The number of piperazine rings is 1. The molecule has 2 heterocycles. The number of H-pyrrole nitrogens is 1. The number of nitrogens with one attached hydrogen (secondary N) is 1. The van der Waals surface area contributed by atoms with Crippen LogP contribution in [0.3, 0.4) is 0 Å². The van der Waals surface area contributed by atoms with Gasteiger partial charge in [0.1, 0.15) is 11.5 Å². The second kappa shape index (κ2) is 9.91. The highest BCUT2D eigenvalue weighted by Gasteiger charge is 2.20. The zero-order valence-electron chi connectivity index (χ0n) is 18.7. The van der Waals surface area contributed by atoms with Gasteiger partial charge in [-0.1, -0.05) is 19.1 Å². The van der Waals surface area contributed by atoms with E-state index in [4.69, 9.17) is 9.47 Å². The van der Waals surface area contributed by atoms with E-state index in [9.17, 15) is 9.59 Å². The van der Waals surface area contributed by atoms with Gasteiger partial charge in [0.15, 0.2) is 0 Å². The van der Waals surface area contributed by atoms with Gasteiger partial charge >= 0.3 is 5.69 Å². The molecule has 1 saturated heterocycles. The van der Waals surface area contributed by atoms with Crippen molar-refractivity contribution >= 4 is 16.6 Å². The van der Waals surface area contributed by atoms with Crippen molar-refractivity contribution in [2.24, 2.45) is 0 Å². The van der Waals surface area contributed by atoms with Crippen molar-refractivity contribution in [2.45, 2.75) is 19.9 Å². The predicted octanol–water partition coefficient (Wildman–Crippen LogP) is 2.31. The van der Waals surface area contributed by atoms with E-state index in [2.05, 4.69) is 20.9 Å². The van der Waals surface area contributed by atoms with Crippen LogP contribution >= 0.6 is 0 Å². The molecule has 0 radical (unpaired) electrons. The summed E-state index contributed by atoms with van der Waals surface area (Å²) in [4.78, 5) is 32.9. The highest BCUT2D eigenvalue weighted by atomic mass is 16.5. The monoisotopic (exact) mass is 438 g/mol. The molecule has 1 N–H and O–H groups in total. The molecule has 0 bridgehead atoms. The summed E-state index contributed by atoms with van der Waals surface area (Å²) in [6.45, 7) is 7.04. The van der Waals surface area contributed by atoms with E-state index in [0.29, 0.717) is 36.3 Å². The standard InChI is InChI=1S/C24H30N4O4/c1-3-16-32-18-8-9-20-19(17-18)23(29)28(24(30)25-20)15-12-26-10-13-27(14-11-26)21-6-4-5-7-22(21)31-2/h4-9,17H,3,10-16H2,1-2H3,(H,25,30). The van der Waals surface area contributed by atoms with Gasteiger partial charge in [0.05, 0.1) is 30.3 Å². The second-order valence-corrected chi connectivity index (χ2v) is 7.94. The Morgan fingerprint density at radius 3 is 2.53 bits per heavy atom. The number of rotatable bonds is 8. The van der Waals surface area contributed by atoms with Gasteiger partial charge in [-0.3, -0.25) is 14.3 Å². The van der Waals surface area contributed by atoms with Crippen LogP contribution in [0.1, 0.15) is 13.3 Å². The maximum Gasteiger partial charge on any atom is 0.328 e. The molecule has 170 valence electrons. The Labute approximate surface area is 187 Å². The Kier molecular flexibility index (Phi) is 6.80. The van der Waals surface area contributed by atoms with Crippen LogP contribution in [0, 0.1) is 0 Å². The minimum atomic E-state index is -0.377. The molecule has 1 aliphatic rings. The van der Waals surface area contributed by atoms with Crippen LogP contribution < -0.4 is 25.6 Å². The molecule has 0 saturated carbocycles. The van der Waals surface area contributed by atoms with Crippen LogP contribution in [0.25, 0.3) is 10.9 Å². The maximum atomic E-state index is 13.0. The summed E-state index contributed by atoms with van der Waals surface area (Å²) in [5.74, 6) is 1.51. The summed E-state index contributed by atoms with van der Waals surface area (Å²) >= 11 is 0. The van der Waals surface area contributed by atoms with Crippen LogP contribution in [-0.4, -0.2) is 60.9 Å². The van der Waals surface area contributed by atoms with E-state index >= 15 is 0 Å². The number of hydrogen-bond donors (Lipinski definition) is 1. The van der Waals surface area contributed by atoms with Crippen molar-refractivity contribution in [3.63, 3.8) is 0 Å². The number of ether oxygens (including phenoxy) is 2. The first-order chi connectivity index (χ1) is 15.6. The Hall–Kier alpha value is -3.26. The van der Waals surface area contributed by atoms with Crippen LogP contribution in [-0.2, 0) is 6.54 Å². The molecule has 4 rings (SSSR count). The second-order valence-electron chi connectivity index (χ2n) is 7.94. The number of methoxy groups -OCH3 is 1. The van der Waals surface area contributed by atoms with Gasteiger partial charge in [-0.15, -0.1) is 0 Å². The highest BCUT2D eigenvalue weighted by molar-refractivity contribution is 5.78. The third-order valence-corrected chi connectivity index (χ3v) is 5.86. The van der Waals surface area contributed by atoms with Gasteiger partial charge < -0.3 is 19.4 Å². The van der Waals surface area contributed by atoms with Crippen LogP contribution in [0.4, 0.5) is 5.69 Å². The van der Waals surface area contributed by atoms with E-state index in [1.165, 1.54) is 4.57 Å². The Morgan fingerprint density at radius 1 is 1.00 bits per heavy atom. The van der Waals surface area contributed by atoms with Crippen molar-refractivity contribution in [3.8, 4) is 11.5 Å². The summed E-state index contributed by atoms with van der Waals surface area (Å²) in [6.07, 6.45) is 0.887. The number of aromatic nitrogens is 2. The Bertz CT molecular complexity index is 1180. The topological polar surface area (TPSA) is 79.8 Å². The minimum Gasteiger partial charge on any atom is -0.495 e. The van der Waals surface area contributed by atoms with Gasteiger partial charge in [0.25, 0.3) is 5.56 Å². The van der Waals surface area contributed by atoms with Gasteiger partial charge in [-0.25, -0.2) is 4.79 Å². The van der Waals surface area contributed by atoms with Crippen molar-refractivity contribution in [3.05, 3.63) is 63.3 Å². The molecule has 2 aromatic carbocycles. The average Bonchev–Trinajstić information content (AvgIpc) is 2.83. The predicted molar refractivity (Wildman–Crippen MR) is 126 cm³/mol. The molecular weight excluding hydrogens is 408 g/mol. The van der Waals surface area contributed by atoms with E-state index in [-0.39, 0.29) is 11.2 Å². The number of aromatic amines is 1. The molecule has 0 spiro atoms. The summed E-state index contributed by atoms with van der Waals surface area (Å²) in [6, 6.07) is 13.2. The Morgan fingerprint density at radius 2 is 1.78 bits per heavy atom. The van der Waals surface area contributed by atoms with Gasteiger partial charge in [0, 0.05) is 39.3 Å². The van der Waals surface area contributed by atoms with Crippen molar-refractivity contribution in [1.29, 1.82) is 0 Å². The number of para-hydroxylation sites is 2.